The molecule has 3 nitrogen and oxygen atoms in total. The highest BCUT2D eigenvalue weighted by molar-refractivity contribution is 6.28. The van der Waals surface area contributed by atoms with Gasteiger partial charge in [0.25, 0.3) is 0 Å². The van der Waals surface area contributed by atoms with E-state index < -0.39 is 6.10 Å². The first-order valence-electron chi connectivity index (χ1n) is 11.4. The van der Waals surface area contributed by atoms with Gasteiger partial charge < -0.3 is 4.74 Å². The first-order chi connectivity index (χ1) is 16.7. The predicted molar refractivity (Wildman–Crippen MR) is 134 cm³/mol. The molecule has 0 fully saturated rings. The van der Waals surface area contributed by atoms with Crippen LogP contribution < -0.4 is 0 Å². The maximum atomic E-state index is 13.3. The van der Waals surface area contributed by atoms with Crippen LogP contribution in [0.5, 0.6) is 0 Å². The van der Waals surface area contributed by atoms with E-state index in [2.05, 4.69) is 0 Å². The molecule has 0 aliphatic carbocycles. The van der Waals surface area contributed by atoms with Crippen molar-refractivity contribution in [3.8, 4) is 0 Å². The summed E-state index contributed by atoms with van der Waals surface area (Å²) in [6, 6.07) is 38.6. The van der Waals surface area contributed by atoms with Crippen molar-refractivity contribution in [1.29, 1.82) is 0 Å². The third-order valence-corrected chi connectivity index (χ3v) is 6.23. The van der Waals surface area contributed by atoms with Gasteiger partial charge in [-0.05, 0) is 16.7 Å². The molecule has 0 bridgehead atoms. The Kier molecular flexibility index (Phi) is 6.17. The van der Waals surface area contributed by atoms with Gasteiger partial charge in [0.15, 0.2) is 5.78 Å². The minimum Gasteiger partial charge on any atom is -0.453 e. The summed E-state index contributed by atoms with van der Waals surface area (Å²) in [5.41, 5.74) is 4.74. The summed E-state index contributed by atoms with van der Waals surface area (Å²) in [7, 11) is 0. The quantitative estimate of drug-likeness (QED) is 0.239. The van der Waals surface area contributed by atoms with Gasteiger partial charge in [-0.1, -0.05) is 121 Å². The smallest absolute Gasteiger partial charge is 0.339 e. The summed E-state index contributed by atoms with van der Waals surface area (Å²) in [5, 5.41) is 0. The van der Waals surface area contributed by atoms with Crippen molar-refractivity contribution >= 4 is 22.9 Å². The molecule has 166 valence electrons. The number of ketones is 1. The summed E-state index contributed by atoms with van der Waals surface area (Å²) >= 11 is 0. The molecule has 4 aromatic rings. The van der Waals surface area contributed by atoms with Gasteiger partial charge in [-0.25, -0.2) is 4.79 Å². The highest BCUT2D eigenvalue weighted by Crippen LogP contribution is 2.44. The molecule has 0 saturated heterocycles. The van der Waals surface area contributed by atoms with E-state index in [9.17, 15) is 9.59 Å². The number of rotatable bonds is 7. The van der Waals surface area contributed by atoms with Crippen molar-refractivity contribution in [2.24, 2.45) is 0 Å². The number of esters is 1. The van der Waals surface area contributed by atoms with Gasteiger partial charge in [0.2, 0.25) is 0 Å². The summed E-state index contributed by atoms with van der Waals surface area (Å²) in [6.45, 7) is 0. The highest BCUT2D eigenvalue weighted by Gasteiger charge is 2.41. The molecular weight excluding hydrogens is 420 g/mol. The lowest BCUT2D eigenvalue weighted by Gasteiger charge is -2.25. The molecular formula is C31H24O3. The third-order valence-electron chi connectivity index (χ3n) is 6.23. The van der Waals surface area contributed by atoms with Crippen molar-refractivity contribution in [2.75, 3.05) is 0 Å². The van der Waals surface area contributed by atoms with E-state index in [0.717, 1.165) is 22.3 Å². The van der Waals surface area contributed by atoms with Crippen LogP contribution >= 0.6 is 0 Å². The fraction of sp³-hybridized carbons (Fsp3) is 0.0968. The van der Waals surface area contributed by atoms with Crippen LogP contribution in [0.3, 0.4) is 0 Å². The van der Waals surface area contributed by atoms with Crippen molar-refractivity contribution < 1.29 is 14.3 Å². The molecule has 1 aliphatic heterocycles. The number of Topliss-reactive ketones (excluding diaryl/α,β-unsaturated/α-hetero) is 1. The normalized spacial score (nSPS) is 16.2. The summed E-state index contributed by atoms with van der Waals surface area (Å²) < 4.78 is 6.08. The Morgan fingerprint density at radius 3 is 1.76 bits per heavy atom. The highest BCUT2D eigenvalue weighted by atomic mass is 16.5. The van der Waals surface area contributed by atoms with Crippen molar-refractivity contribution in [3.63, 3.8) is 0 Å². The first-order valence-corrected chi connectivity index (χ1v) is 11.4. The van der Waals surface area contributed by atoms with E-state index in [4.69, 9.17) is 4.74 Å². The van der Waals surface area contributed by atoms with E-state index in [1.54, 1.807) is 0 Å². The van der Waals surface area contributed by atoms with Gasteiger partial charge in [-0.2, -0.15) is 0 Å². The van der Waals surface area contributed by atoms with Gasteiger partial charge in [0, 0.05) is 23.5 Å². The summed E-state index contributed by atoms with van der Waals surface area (Å²) in [6.07, 6.45) is -0.357. The lowest BCUT2D eigenvalue weighted by molar-refractivity contribution is -0.138. The van der Waals surface area contributed by atoms with E-state index in [1.165, 1.54) is 0 Å². The zero-order valence-electron chi connectivity index (χ0n) is 18.6. The van der Waals surface area contributed by atoms with E-state index >= 15 is 0 Å². The zero-order valence-corrected chi connectivity index (χ0v) is 18.6. The standard InChI is InChI=1S/C31H24O3/c32-27(23-15-7-2-8-16-23)21-26(22-13-5-1-6-14-22)30-28(24-17-9-3-10-18-24)29(31(33)34-30)25-19-11-4-12-20-25/h1-20,26,30H,21H2/t26-,30-/m0/s1. The number of cyclic esters (lactones) is 1. The average molecular weight is 445 g/mol. The lowest BCUT2D eigenvalue weighted by atomic mass is 9.81. The molecule has 5 rings (SSSR count). The molecule has 2 atom stereocenters. The Balaban J connectivity index is 1.64. The summed E-state index contributed by atoms with van der Waals surface area (Å²) in [5.74, 6) is -0.663. The lowest BCUT2D eigenvalue weighted by Crippen LogP contribution is -2.24. The molecule has 0 N–H and O–H groups in total. The van der Waals surface area contributed by atoms with Gasteiger partial charge in [-0.3, -0.25) is 4.79 Å². The fourth-order valence-electron chi connectivity index (χ4n) is 4.61. The SMILES string of the molecule is O=C1O[C@@H]([C@@H](CC(=O)c2ccccc2)c2ccccc2)C(c2ccccc2)=C1c1ccccc1. The molecule has 34 heavy (non-hydrogen) atoms. The zero-order chi connectivity index (χ0) is 23.3. The molecule has 0 radical (unpaired) electrons. The second-order valence-electron chi connectivity index (χ2n) is 8.36. The second-order valence-corrected chi connectivity index (χ2v) is 8.36. The van der Waals surface area contributed by atoms with E-state index in [1.807, 2.05) is 121 Å². The van der Waals surface area contributed by atoms with Gasteiger partial charge in [0.05, 0.1) is 5.57 Å². The van der Waals surface area contributed by atoms with Crippen molar-refractivity contribution in [2.45, 2.75) is 18.4 Å². The second kappa shape index (κ2) is 9.72. The Morgan fingerprint density at radius 2 is 1.18 bits per heavy atom. The number of benzene rings is 4. The van der Waals surface area contributed by atoms with Crippen LogP contribution in [0.4, 0.5) is 0 Å². The number of hydrogen-bond donors (Lipinski definition) is 0. The number of carbonyl (C=O) groups excluding carboxylic acids is 2. The van der Waals surface area contributed by atoms with Crippen LogP contribution in [-0.4, -0.2) is 17.9 Å². The maximum Gasteiger partial charge on any atom is 0.339 e. The molecule has 3 heteroatoms. The molecule has 0 amide bonds. The Hall–Kier alpha value is -4.24. The van der Waals surface area contributed by atoms with Gasteiger partial charge >= 0.3 is 5.97 Å². The number of hydrogen-bond acceptors (Lipinski definition) is 3. The molecule has 0 unspecified atom stereocenters. The minimum absolute atomic E-state index is 0.0195. The fourth-order valence-corrected chi connectivity index (χ4v) is 4.61. The Bertz CT molecular complexity index is 1310. The van der Waals surface area contributed by atoms with Crippen LogP contribution in [0.15, 0.2) is 121 Å². The molecule has 4 aromatic carbocycles. The first kappa shape index (κ1) is 21.6. The third kappa shape index (κ3) is 4.33. The van der Waals surface area contributed by atoms with Crippen LogP contribution in [-0.2, 0) is 9.53 Å². The maximum absolute atomic E-state index is 13.3. The van der Waals surface area contributed by atoms with Crippen LogP contribution in [0.1, 0.15) is 39.4 Å². The van der Waals surface area contributed by atoms with Crippen LogP contribution in [0.25, 0.3) is 11.1 Å². The number of carbonyl (C=O) groups is 2. The van der Waals surface area contributed by atoms with Crippen molar-refractivity contribution in [3.05, 3.63) is 144 Å². The van der Waals surface area contributed by atoms with Gasteiger partial charge in [-0.15, -0.1) is 0 Å². The van der Waals surface area contributed by atoms with Gasteiger partial charge in [0.1, 0.15) is 6.10 Å². The molecule has 0 saturated carbocycles. The predicted octanol–water partition coefficient (Wildman–Crippen LogP) is 6.58. The molecule has 1 aliphatic rings. The molecule has 0 aromatic heterocycles. The Labute approximate surface area is 199 Å². The topological polar surface area (TPSA) is 43.4 Å². The van der Waals surface area contributed by atoms with Crippen LogP contribution in [0, 0.1) is 0 Å². The van der Waals surface area contributed by atoms with Crippen LogP contribution in [0.2, 0.25) is 0 Å². The molecule has 1 heterocycles. The van der Waals surface area contributed by atoms with Crippen molar-refractivity contribution in [1.82, 2.24) is 0 Å². The summed E-state index contributed by atoms with van der Waals surface area (Å²) in [4.78, 5) is 26.6. The number of ether oxygens (including phenoxy) is 1. The van der Waals surface area contributed by atoms with E-state index in [0.29, 0.717) is 11.1 Å². The average Bonchev–Trinajstić information content (AvgIpc) is 3.25. The largest absolute Gasteiger partial charge is 0.453 e. The minimum atomic E-state index is -0.583. The van der Waals surface area contributed by atoms with E-state index in [-0.39, 0.29) is 24.1 Å². The molecule has 0 spiro atoms. The Morgan fingerprint density at radius 1 is 0.676 bits per heavy atom. The monoisotopic (exact) mass is 444 g/mol.